The predicted octanol–water partition coefficient (Wildman–Crippen LogP) is 4.54. The number of hydrogen-bond donors (Lipinski definition) is 2. The molecule has 4 rings (SSSR count). The lowest BCUT2D eigenvalue weighted by atomic mass is 10.1. The topological polar surface area (TPSA) is 123 Å². The highest BCUT2D eigenvalue weighted by atomic mass is 79.9. The van der Waals surface area contributed by atoms with Gasteiger partial charge in [-0.1, -0.05) is 18.2 Å². The van der Waals surface area contributed by atoms with E-state index in [4.69, 9.17) is 14.2 Å². The second-order valence-corrected chi connectivity index (χ2v) is 8.98. The van der Waals surface area contributed by atoms with Crippen LogP contribution in [0.3, 0.4) is 0 Å². The van der Waals surface area contributed by atoms with Crippen molar-refractivity contribution in [3.8, 4) is 17.2 Å². The SMILES string of the molecule is CCOc1ccc(N2C(=O)NC(=O)/C(=C\c3cc(Br)c(OCC(=O)Nc4ccccc4)c(OC)c3)C2=O)cc1. The minimum atomic E-state index is -0.859. The second-order valence-electron chi connectivity index (χ2n) is 8.12. The Labute approximate surface area is 232 Å². The molecule has 0 spiro atoms. The molecule has 0 aliphatic carbocycles. The summed E-state index contributed by atoms with van der Waals surface area (Å²) in [4.78, 5) is 51.5. The molecule has 5 amide bonds. The van der Waals surface area contributed by atoms with Crippen LogP contribution in [0.4, 0.5) is 16.2 Å². The second kappa shape index (κ2) is 12.3. The zero-order valence-corrected chi connectivity index (χ0v) is 22.6. The van der Waals surface area contributed by atoms with Crippen molar-refractivity contribution in [2.24, 2.45) is 0 Å². The van der Waals surface area contributed by atoms with Gasteiger partial charge in [0, 0.05) is 5.69 Å². The monoisotopic (exact) mass is 593 g/mol. The van der Waals surface area contributed by atoms with Gasteiger partial charge in [0.1, 0.15) is 11.3 Å². The third kappa shape index (κ3) is 6.44. The zero-order valence-electron chi connectivity index (χ0n) is 21.0. The summed E-state index contributed by atoms with van der Waals surface area (Å²) in [6, 6.07) is 17.6. The summed E-state index contributed by atoms with van der Waals surface area (Å²) >= 11 is 3.40. The first-order chi connectivity index (χ1) is 18.8. The zero-order chi connectivity index (χ0) is 27.9. The van der Waals surface area contributed by atoms with E-state index in [1.807, 2.05) is 13.0 Å². The van der Waals surface area contributed by atoms with Crippen LogP contribution in [0.2, 0.25) is 0 Å². The summed E-state index contributed by atoms with van der Waals surface area (Å²) in [5, 5.41) is 4.92. The first-order valence-corrected chi connectivity index (χ1v) is 12.6. The number of imide groups is 2. The maximum atomic E-state index is 13.2. The van der Waals surface area contributed by atoms with Crippen molar-refractivity contribution in [2.75, 3.05) is 30.5 Å². The summed E-state index contributed by atoms with van der Waals surface area (Å²) < 4.78 is 16.9. The van der Waals surface area contributed by atoms with Gasteiger partial charge in [-0.15, -0.1) is 0 Å². The molecule has 1 fully saturated rings. The molecule has 1 saturated heterocycles. The quantitative estimate of drug-likeness (QED) is 0.276. The third-order valence-corrected chi connectivity index (χ3v) is 6.06. The smallest absolute Gasteiger partial charge is 0.335 e. The standard InChI is InChI=1S/C28H24BrN3O7/c1-3-38-20-11-9-19(10-12-20)32-27(35)21(26(34)31-28(32)36)13-17-14-22(29)25(23(15-17)37-2)39-16-24(33)30-18-7-5-4-6-8-18/h4-15H,3,16H2,1-2H3,(H,30,33)(H,31,34,36)/b21-13+. The van der Waals surface area contributed by atoms with Gasteiger partial charge in [-0.05, 0) is 83.0 Å². The fourth-order valence-electron chi connectivity index (χ4n) is 3.74. The van der Waals surface area contributed by atoms with Gasteiger partial charge < -0.3 is 19.5 Å². The Bertz CT molecular complexity index is 1440. The number of methoxy groups -OCH3 is 1. The van der Waals surface area contributed by atoms with Crippen molar-refractivity contribution >= 4 is 57.1 Å². The molecule has 3 aromatic carbocycles. The number of carbonyl (C=O) groups is 4. The number of halogens is 1. The van der Waals surface area contributed by atoms with Gasteiger partial charge >= 0.3 is 6.03 Å². The third-order valence-electron chi connectivity index (χ3n) is 5.48. The van der Waals surface area contributed by atoms with Gasteiger partial charge in [0.25, 0.3) is 17.7 Å². The molecule has 10 nitrogen and oxygen atoms in total. The number of barbiturate groups is 1. The highest BCUT2D eigenvalue weighted by molar-refractivity contribution is 9.10. The van der Waals surface area contributed by atoms with Crippen molar-refractivity contribution < 1.29 is 33.4 Å². The van der Waals surface area contributed by atoms with E-state index in [1.54, 1.807) is 60.7 Å². The van der Waals surface area contributed by atoms with Crippen LogP contribution in [0.25, 0.3) is 6.08 Å². The van der Waals surface area contributed by atoms with Crippen molar-refractivity contribution in [2.45, 2.75) is 6.92 Å². The molecule has 0 aromatic heterocycles. The Balaban J connectivity index is 1.55. The van der Waals surface area contributed by atoms with Crippen molar-refractivity contribution in [3.05, 3.63) is 82.3 Å². The van der Waals surface area contributed by atoms with Gasteiger partial charge in [-0.3, -0.25) is 19.7 Å². The summed E-state index contributed by atoms with van der Waals surface area (Å²) in [5.74, 6) is -0.902. The number of urea groups is 1. The van der Waals surface area contributed by atoms with Crippen LogP contribution in [0.5, 0.6) is 17.2 Å². The molecule has 0 radical (unpaired) electrons. The lowest BCUT2D eigenvalue weighted by Gasteiger charge is -2.26. The number of anilines is 2. The number of nitrogens with one attached hydrogen (secondary N) is 2. The van der Waals surface area contributed by atoms with Gasteiger partial charge in [-0.2, -0.15) is 0 Å². The summed E-state index contributed by atoms with van der Waals surface area (Å²) in [7, 11) is 1.42. The molecular formula is C28H24BrN3O7. The van der Waals surface area contributed by atoms with Crippen LogP contribution < -0.4 is 29.7 Å². The van der Waals surface area contributed by atoms with E-state index in [2.05, 4.69) is 26.6 Å². The highest BCUT2D eigenvalue weighted by Crippen LogP contribution is 2.37. The Hall–Kier alpha value is -4.64. The Morgan fingerprint density at radius 1 is 1.03 bits per heavy atom. The number of amides is 5. The van der Waals surface area contributed by atoms with E-state index >= 15 is 0 Å². The molecule has 0 unspecified atom stereocenters. The van der Waals surface area contributed by atoms with Crippen molar-refractivity contribution in [1.82, 2.24) is 5.32 Å². The number of benzene rings is 3. The van der Waals surface area contributed by atoms with E-state index in [-0.39, 0.29) is 35.3 Å². The number of ether oxygens (including phenoxy) is 3. The molecular weight excluding hydrogens is 570 g/mol. The summed E-state index contributed by atoms with van der Waals surface area (Å²) in [6.45, 7) is 2.02. The molecule has 0 saturated carbocycles. The Kier molecular flexibility index (Phi) is 8.62. The van der Waals surface area contributed by atoms with Crippen LogP contribution in [-0.2, 0) is 14.4 Å². The molecule has 0 atom stereocenters. The average Bonchev–Trinajstić information content (AvgIpc) is 2.91. The van der Waals surface area contributed by atoms with Crippen LogP contribution in [0.15, 0.2) is 76.8 Å². The van der Waals surface area contributed by atoms with Crippen molar-refractivity contribution in [3.63, 3.8) is 0 Å². The first kappa shape index (κ1) is 27.4. The maximum absolute atomic E-state index is 13.2. The fourth-order valence-corrected chi connectivity index (χ4v) is 4.31. The van der Waals surface area contributed by atoms with Gasteiger partial charge in [0.05, 0.1) is 23.9 Å². The molecule has 200 valence electrons. The van der Waals surface area contributed by atoms with E-state index in [1.165, 1.54) is 13.2 Å². The van der Waals surface area contributed by atoms with E-state index in [0.29, 0.717) is 28.1 Å². The largest absolute Gasteiger partial charge is 0.494 e. The average molecular weight is 594 g/mol. The Morgan fingerprint density at radius 2 is 1.74 bits per heavy atom. The number of rotatable bonds is 9. The fraction of sp³-hybridized carbons (Fsp3) is 0.143. The number of carbonyl (C=O) groups excluding carboxylic acids is 4. The Morgan fingerprint density at radius 3 is 2.41 bits per heavy atom. The molecule has 1 aliphatic heterocycles. The van der Waals surface area contributed by atoms with Crippen LogP contribution in [0.1, 0.15) is 12.5 Å². The molecule has 1 heterocycles. The lowest BCUT2D eigenvalue weighted by Crippen LogP contribution is -2.54. The predicted molar refractivity (Wildman–Crippen MR) is 148 cm³/mol. The minimum absolute atomic E-state index is 0.256. The molecule has 0 bridgehead atoms. The number of para-hydroxylation sites is 1. The van der Waals surface area contributed by atoms with Crippen LogP contribution in [0, 0.1) is 0 Å². The highest BCUT2D eigenvalue weighted by Gasteiger charge is 2.37. The minimum Gasteiger partial charge on any atom is -0.494 e. The van der Waals surface area contributed by atoms with E-state index < -0.39 is 17.8 Å². The number of nitrogens with zero attached hydrogens (tertiary/aromatic N) is 1. The summed E-state index contributed by atoms with van der Waals surface area (Å²) in [6.07, 6.45) is 1.34. The van der Waals surface area contributed by atoms with Gasteiger partial charge in [0.15, 0.2) is 18.1 Å². The van der Waals surface area contributed by atoms with Gasteiger partial charge in [-0.25, -0.2) is 9.69 Å². The van der Waals surface area contributed by atoms with Crippen molar-refractivity contribution in [1.29, 1.82) is 0 Å². The van der Waals surface area contributed by atoms with E-state index in [9.17, 15) is 19.2 Å². The first-order valence-electron chi connectivity index (χ1n) is 11.8. The molecule has 3 aromatic rings. The molecule has 39 heavy (non-hydrogen) atoms. The van der Waals surface area contributed by atoms with Gasteiger partial charge in [0.2, 0.25) is 0 Å². The maximum Gasteiger partial charge on any atom is 0.335 e. The summed E-state index contributed by atoms with van der Waals surface area (Å²) in [5.41, 5.74) is 1.07. The number of hydrogen-bond acceptors (Lipinski definition) is 7. The van der Waals surface area contributed by atoms with Crippen LogP contribution in [-0.4, -0.2) is 44.1 Å². The van der Waals surface area contributed by atoms with E-state index in [0.717, 1.165) is 4.90 Å². The molecule has 2 N–H and O–H groups in total. The lowest BCUT2D eigenvalue weighted by molar-refractivity contribution is -0.122. The normalized spacial score (nSPS) is 14.2. The van der Waals surface area contributed by atoms with Crippen LogP contribution >= 0.6 is 15.9 Å². The molecule has 11 heteroatoms. The molecule has 1 aliphatic rings.